The van der Waals surface area contributed by atoms with Gasteiger partial charge in [-0.3, -0.25) is 0 Å². The van der Waals surface area contributed by atoms with Crippen LogP contribution in [0.15, 0.2) is 97.6 Å². The van der Waals surface area contributed by atoms with Crippen LogP contribution in [0, 0.1) is 0 Å². The SMILES string of the molecule is Br.C=CC[P+](c1ccccc1)(c1ccccc1)c1ccc(OCCF)cc1. The van der Waals surface area contributed by atoms with E-state index < -0.39 is 13.9 Å². The monoisotopic (exact) mass is 445 g/mol. The summed E-state index contributed by atoms with van der Waals surface area (Å²) < 4.78 is 17.8. The molecule has 140 valence electrons. The Bertz CT molecular complexity index is 783. The number of ether oxygens (including phenoxy) is 1. The van der Waals surface area contributed by atoms with E-state index in [1.807, 2.05) is 30.3 Å². The van der Waals surface area contributed by atoms with E-state index in [4.69, 9.17) is 4.74 Å². The van der Waals surface area contributed by atoms with Gasteiger partial charge in [0.15, 0.2) is 0 Å². The summed E-state index contributed by atoms with van der Waals surface area (Å²) in [6, 6.07) is 29.4. The molecule has 0 saturated carbocycles. The van der Waals surface area contributed by atoms with Gasteiger partial charge >= 0.3 is 0 Å². The van der Waals surface area contributed by atoms with Crippen LogP contribution in [0.25, 0.3) is 0 Å². The van der Waals surface area contributed by atoms with Gasteiger partial charge in [0.1, 0.15) is 42.2 Å². The number of alkyl halides is 1. The van der Waals surface area contributed by atoms with Gasteiger partial charge in [-0.25, -0.2) is 4.39 Å². The summed E-state index contributed by atoms with van der Waals surface area (Å²) >= 11 is 0. The highest BCUT2D eigenvalue weighted by Gasteiger charge is 2.44. The number of allylic oxidation sites excluding steroid dienone is 1. The Hall–Kier alpha value is -1.96. The number of halogens is 2. The maximum Gasteiger partial charge on any atom is 0.123 e. The first kappa shape index (κ1) is 21.3. The summed E-state index contributed by atoms with van der Waals surface area (Å²) in [5.74, 6) is 0.698. The molecular weight excluding hydrogens is 422 g/mol. The molecule has 3 aromatic rings. The van der Waals surface area contributed by atoms with Crippen LogP contribution < -0.4 is 20.7 Å². The molecular formula is C23H24BrFOP+. The van der Waals surface area contributed by atoms with E-state index >= 15 is 0 Å². The van der Waals surface area contributed by atoms with E-state index in [0.29, 0.717) is 5.75 Å². The minimum absolute atomic E-state index is 0. The van der Waals surface area contributed by atoms with Crippen molar-refractivity contribution >= 4 is 40.2 Å². The molecule has 0 N–H and O–H groups in total. The maximum atomic E-state index is 12.4. The van der Waals surface area contributed by atoms with Crippen LogP contribution in [-0.4, -0.2) is 19.4 Å². The molecule has 0 aliphatic heterocycles. The molecule has 0 saturated heterocycles. The Kier molecular flexibility index (Phi) is 8.22. The highest BCUT2D eigenvalue weighted by Crippen LogP contribution is 2.55. The molecule has 4 heteroatoms. The van der Waals surface area contributed by atoms with Gasteiger partial charge in [-0.05, 0) is 48.5 Å². The predicted molar refractivity (Wildman–Crippen MR) is 122 cm³/mol. The minimum atomic E-state index is -1.85. The number of benzene rings is 3. The fraction of sp³-hybridized carbons (Fsp3) is 0.130. The van der Waals surface area contributed by atoms with E-state index in [9.17, 15) is 4.39 Å². The largest absolute Gasteiger partial charge is 0.491 e. The summed E-state index contributed by atoms with van der Waals surface area (Å²) in [7, 11) is -1.85. The topological polar surface area (TPSA) is 9.23 Å². The zero-order valence-corrected chi connectivity index (χ0v) is 17.7. The minimum Gasteiger partial charge on any atom is -0.491 e. The molecule has 0 atom stereocenters. The number of hydrogen-bond acceptors (Lipinski definition) is 1. The van der Waals surface area contributed by atoms with Crippen molar-refractivity contribution in [2.75, 3.05) is 19.4 Å². The normalized spacial score (nSPS) is 10.7. The van der Waals surface area contributed by atoms with Crippen LogP contribution in [0.4, 0.5) is 4.39 Å². The van der Waals surface area contributed by atoms with Gasteiger partial charge in [0.2, 0.25) is 0 Å². The van der Waals surface area contributed by atoms with Crippen LogP contribution in [-0.2, 0) is 0 Å². The average Bonchev–Trinajstić information content (AvgIpc) is 2.72. The summed E-state index contributed by atoms with van der Waals surface area (Å²) in [6.07, 6.45) is 2.90. The van der Waals surface area contributed by atoms with Crippen molar-refractivity contribution in [3.05, 3.63) is 97.6 Å². The van der Waals surface area contributed by atoms with Crippen LogP contribution in [0.3, 0.4) is 0 Å². The van der Waals surface area contributed by atoms with Gasteiger partial charge < -0.3 is 4.74 Å². The molecule has 1 nitrogen and oxygen atoms in total. The standard InChI is InChI=1S/C23H23FOP.BrH/c1-2-19-26(21-9-5-3-6-10-21,22-11-7-4-8-12-22)23-15-13-20(14-16-23)25-18-17-24;/h2-16H,1,17-19H2;1H/q+1;. The van der Waals surface area contributed by atoms with Crippen LogP contribution in [0.1, 0.15) is 0 Å². The summed E-state index contributed by atoms with van der Waals surface area (Å²) in [6.45, 7) is 3.65. The molecule has 0 bridgehead atoms. The lowest BCUT2D eigenvalue weighted by molar-refractivity contribution is 0.273. The molecule has 0 radical (unpaired) electrons. The predicted octanol–water partition coefficient (Wildman–Crippen LogP) is 5.09. The highest BCUT2D eigenvalue weighted by atomic mass is 79.9. The van der Waals surface area contributed by atoms with E-state index in [2.05, 4.69) is 67.2 Å². The van der Waals surface area contributed by atoms with Crippen molar-refractivity contribution < 1.29 is 9.13 Å². The van der Waals surface area contributed by atoms with Gasteiger partial charge in [-0.2, -0.15) is 0 Å². The van der Waals surface area contributed by atoms with Crippen LogP contribution in [0.2, 0.25) is 0 Å². The lowest BCUT2D eigenvalue weighted by Gasteiger charge is -2.26. The second-order valence-corrected chi connectivity index (χ2v) is 9.52. The van der Waals surface area contributed by atoms with Crippen molar-refractivity contribution in [3.8, 4) is 5.75 Å². The first-order valence-electron chi connectivity index (χ1n) is 8.71. The molecule has 0 fully saturated rings. The molecule has 0 unspecified atom stereocenters. The van der Waals surface area contributed by atoms with Crippen molar-refractivity contribution in [2.45, 2.75) is 0 Å². The molecule has 27 heavy (non-hydrogen) atoms. The van der Waals surface area contributed by atoms with Gasteiger partial charge in [-0.1, -0.05) is 49.1 Å². The third-order valence-electron chi connectivity index (χ3n) is 4.42. The summed E-state index contributed by atoms with van der Waals surface area (Å²) in [5, 5.41) is 3.91. The molecule has 0 amide bonds. The second kappa shape index (κ2) is 10.4. The van der Waals surface area contributed by atoms with E-state index in [0.717, 1.165) is 6.16 Å². The average molecular weight is 446 g/mol. The lowest BCUT2D eigenvalue weighted by atomic mass is 10.3. The summed E-state index contributed by atoms with van der Waals surface area (Å²) in [4.78, 5) is 0. The lowest BCUT2D eigenvalue weighted by Crippen LogP contribution is -2.32. The second-order valence-electron chi connectivity index (χ2n) is 5.98. The Labute approximate surface area is 172 Å². The maximum absolute atomic E-state index is 12.4. The molecule has 3 aromatic carbocycles. The smallest absolute Gasteiger partial charge is 0.123 e. The Morgan fingerprint density at radius 3 is 1.70 bits per heavy atom. The van der Waals surface area contributed by atoms with E-state index in [-0.39, 0.29) is 23.6 Å². The van der Waals surface area contributed by atoms with Crippen molar-refractivity contribution in [1.29, 1.82) is 0 Å². The third kappa shape index (κ3) is 4.66. The first-order valence-corrected chi connectivity index (χ1v) is 10.7. The van der Waals surface area contributed by atoms with Gasteiger partial charge in [0.25, 0.3) is 0 Å². The van der Waals surface area contributed by atoms with Crippen LogP contribution >= 0.6 is 24.2 Å². The van der Waals surface area contributed by atoms with Gasteiger partial charge in [0.05, 0.1) is 6.16 Å². The third-order valence-corrected chi connectivity index (χ3v) is 8.77. The fourth-order valence-electron chi connectivity index (χ4n) is 3.28. The van der Waals surface area contributed by atoms with E-state index in [1.165, 1.54) is 15.9 Å². The molecule has 0 spiro atoms. The van der Waals surface area contributed by atoms with Crippen molar-refractivity contribution in [1.82, 2.24) is 0 Å². The zero-order chi connectivity index (χ0) is 18.2. The highest BCUT2D eigenvalue weighted by molar-refractivity contribution is 8.93. The van der Waals surface area contributed by atoms with Crippen LogP contribution in [0.5, 0.6) is 5.75 Å². The van der Waals surface area contributed by atoms with Gasteiger partial charge in [0, 0.05) is 0 Å². The van der Waals surface area contributed by atoms with E-state index in [1.54, 1.807) is 0 Å². The molecule has 0 aliphatic carbocycles. The fourth-order valence-corrected chi connectivity index (χ4v) is 7.21. The van der Waals surface area contributed by atoms with Crippen molar-refractivity contribution in [3.63, 3.8) is 0 Å². The van der Waals surface area contributed by atoms with Gasteiger partial charge in [-0.15, -0.1) is 17.0 Å². The Morgan fingerprint density at radius 2 is 1.26 bits per heavy atom. The molecule has 0 aliphatic rings. The molecule has 0 heterocycles. The van der Waals surface area contributed by atoms with Crippen molar-refractivity contribution in [2.24, 2.45) is 0 Å². The Morgan fingerprint density at radius 1 is 0.778 bits per heavy atom. The number of rotatable bonds is 8. The zero-order valence-electron chi connectivity index (χ0n) is 15.1. The molecule has 0 aromatic heterocycles. The first-order chi connectivity index (χ1) is 12.8. The number of hydrogen-bond donors (Lipinski definition) is 0. The Balaban J connectivity index is 0.00000261. The summed E-state index contributed by atoms with van der Waals surface area (Å²) in [5.41, 5.74) is 0. The quantitative estimate of drug-likeness (QED) is 0.346. The molecule has 3 rings (SSSR count).